The Morgan fingerprint density at radius 1 is 1.31 bits per heavy atom. The molecule has 2 aromatic heterocycles. The number of anilines is 1. The summed E-state index contributed by atoms with van der Waals surface area (Å²) in [6.07, 6.45) is 5.10. The highest BCUT2D eigenvalue weighted by molar-refractivity contribution is 6.36. The summed E-state index contributed by atoms with van der Waals surface area (Å²) >= 11 is 12.3. The second kappa shape index (κ2) is 8.96. The molecular weight excluding hydrogens is 456 g/mol. The van der Waals surface area contributed by atoms with Gasteiger partial charge in [-0.1, -0.05) is 30.1 Å². The molecule has 1 amide bonds. The SMILES string of the molecule is CCC(=O)N1CC(n2cc(-c3cnc(N)c(OC(C)c4c(Cl)ccc(F)c4Cl)c3)cn2)C1. The zero-order valence-corrected chi connectivity index (χ0v) is 19.1. The van der Waals surface area contributed by atoms with Crippen LogP contribution in [0.25, 0.3) is 11.1 Å². The van der Waals surface area contributed by atoms with Crippen LogP contribution in [0.2, 0.25) is 10.0 Å². The molecule has 1 aromatic carbocycles. The Hall–Kier alpha value is -2.84. The Labute approximate surface area is 194 Å². The number of carbonyl (C=O) groups excluding carboxylic acids is 1. The van der Waals surface area contributed by atoms with E-state index in [1.54, 1.807) is 25.4 Å². The molecule has 10 heteroatoms. The van der Waals surface area contributed by atoms with Crippen LogP contribution in [0.4, 0.5) is 10.2 Å². The number of likely N-dealkylation sites (tertiary alicyclic amines) is 1. The van der Waals surface area contributed by atoms with Crippen LogP contribution >= 0.6 is 23.2 Å². The van der Waals surface area contributed by atoms with Gasteiger partial charge in [-0.05, 0) is 25.1 Å². The van der Waals surface area contributed by atoms with Crippen molar-refractivity contribution in [1.82, 2.24) is 19.7 Å². The molecule has 1 aliphatic rings. The van der Waals surface area contributed by atoms with Crippen LogP contribution in [0, 0.1) is 5.82 Å². The van der Waals surface area contributed by atoms with Gasteiger partial charge in [0.1, 0.15) is 11.9 Å². The summed E-state index contributed by atoms with van der Waals surface area (Å²) in [6, 6.07) is 4.53. The maximum atomic E-state index is 13.9. The van der Waals surface area contributed by atoms with Gasteiger partial charge in [-0.2, -0.15) is 5.10 Å². The van der Waals surface area contributed by atoms with Gasteiger partial charge >= 0.3 is 0 Å². The van der Waals surface area contributed by atoms with Gasteiger partial charge in [0.05, 0.1) is 17.3 Å². The first-order valence-electron chi connectivity index (χ1n) is 10.2. The van der Waals surface area contributed by atoms with E-state index in [2.05, 4.69) is 10.1 Å². The van der Waals surface area contributed by atoms with E-state index in [0.29, 0.717) is 35.8 Å². The minimum absolute atomic E-state index is 0.0925. The van der Waals surface area contributed by atoms with Gasteiger partial charge in [0.2, 0.25) is 5.91 Å². The number of carbonyl (C=O) groups is 1. The van der Waals surface area contributed by atoms with Crippen molar-refractivity contribution in [3.05, 3.63) is 58.2 Å². The molecule has 0 saturated carbocycles. The van der Waals surface area contributed by atoms with E-state index in [1.807, 2.05) is 22.7 Å². The van der Waals surface area contributed by atoms with Crippen molar-refractivity contribution in [2.75, 3.05) is 18.8 Å². The van der Waals surface area contributed by atoms with Crippen molar-refractivity contribution in [3.63, 3.8) is 0 Å². The summed E-state index contributed by atoms with van der Waals surface area (Å²) in [4.78, 5) is 17.8. The normalized spacial score (nSPS) is 14.8. The third-order valence-electron chi connectivity index (χ3n) is 5.50. The number of nitrogens with two attached hydrogens (primary N) is 1. The Morgan fingerprint density at radius 3 is 2.78 bits per heavy atom. The molecule has 7 nitrogen and oxygen atoms in total. The largest absolute Gasteiger partial charge is 0.482 e. The summed E-state index contributed by atoms with van der Waals surface area (Å²) in [5.41, 5.74) is 7.93. The van der Waals surface area contributed by atoms with Crippen molar-refractivity contribution < 1.29 is 13.9 Å². The molecule has 1 fully saturated rings. The number of amides is 1. The molecule has 168 valence electrons. The van der Waals surface area contributed by atoms with Crippen LogP contribution in [0.15, 0.2) is 36.8 Å². The third kappa shape index (κ3) is 4.25. The number of rotatable bonds is 6. The number of aromatic nitrogens is 3. The van der Waals surface area contributed by atoms with E-state index in [1.165, 1.54) is 12.1 Å². The first-order valence-corrected chi connectivity index (χ1v) is 10.9. The van der Waals surface area contributed by atoms with Gasteiger partial charge in [0.15, 0.2) is 11.6 Å². The standard InChI is InChI=1S/C22H22Cl2FN5O2/c1-3-19(31)29-10-15(11-29)30-9-14(8-28-30)13-6-18(22(26)27-7-13)32-12(2)20-16(23)4-5-17(25)21(20)24/h4-9,12,15H,3,10-11H2,1-2H3,(H2,26,27). The lowest BCUT2D eigenvalue weighted by Crippen LogP contribution is -2.50. The molecule has 1 saturated heterocycles. The minimum atomic E-state index is -0.662. The first kappa shape index (κ1) is 22.4. The predicted molar refractivity (Wildman–Crippen MR) is 121 cm³/mol. The molecule has 32 heavy (non-hydrogen) atoms. The fourth-order valence-corrected chi connectivity index (χ4v) is 4.29. The van der Waals surface area contributed by atoms with Crippen LogP contribution < -0.4 is 10.5 Å². The summed E-state index contributed by atoms with van der Waals surface area (Å²) in [6.45, 7) is 4.85. The molecule has 3 heterocycles. The Kier molecular flexibility index (Phi) is 6.26. The fraction of sp³-hybridized carbons (Fsp3) is 0.318. The lowest BCUT2D eigenvalue weighted by Gasteiger charge is -2.39. The number of hydrogen-bond acceptors (Lipinski definition) is 5. The maximum Gasteiger partial charge on any atom is 0.222 e. The van der Waals surface area contributed by atoms with Crippen LogP contribution in [0.5, 0.6) is 5.75 Å². The second-order valence-corrected chi connectivity index (χ2v) is 8.42. The quantitative estimate of drug-likeness (QED) is 0.509. The predicted octanol–water partition coefficient (Wildman–Crippen LogP) is 4.91. The molecule has 0 aliphatic carbocycles. The van der Waals surface area contributed by atoms with Crippen molar-refractivity contribution in [2.45, 2.75) is 32.4 Å². The Morgan fingerprint density at radius 2 is 2.06 bits per heavy atom. The molecule has 0 radical (unpaired) electrons. The number of benzene rings is 1. The van der Waals surface area contributed by atoms with Crippen molar-refractivity contribution >= 4 is 34.9 Å². The average Bonchev–Trinajstić information content (AvgIpc) is 3.21. The third-order valence-corrected chi connectivity index (χ3v) is 6.21. The van der Waals surface area contributed by atoms with E-state index < -0.39 is 11.9 Å². The van der Waals surface area contributed by atoms with Crippen molar-refractivity contribution in [1.29, 1.82) is 0 Å². The Balaban J connectivity index is 1.52. The van der Waals surface area contributed by atoms with Gasteiger partial charge in [-0.3, -0.25) is 9.48 Å². The molecule has 2 N–H and O–H groups in total. The molecule has 4 rings (SSSR count). The number of pyridine rings is 1. The number of nitrogen functional groups attached to an aromatic ring is 1. The van der Waals surface area contributed by atoms with E-state index >= 15 is 0 Å². The lowest BCUT2D eigenvalue weighted by molar-refractivity contribution is -0.136. The molecule has 1 aliphatic heterocycles. The molecule has 3 aromatic rings. The summed E-state index contributed by atoms with van der Waals surface area (Å²) in [5.74, 6) is 0.0709. The van der Waals surface area contributed by atoms with Gasteiger partial charge in [0.25, 0.3) is 0 Å². The highest BCUT2D eigenvalue weighted by atomic mass is 35.5. The first-order chi connectivity index (χ1) is 15.3. The molecule has 1 atom stereocenters. The van der Waals surface area contributed by atoms with Gasteiger partial charge in [-0.15, -0.1) is 0 Å². The van der Waals surface area contributed by atoms with E-state index in [9.17, 15) is 9.18 Å². The maximum absolute atomic E-state index is 13.9. The van der Waals surface area contributed by atoms with Crippen LogP contribution in [-0.4, -0.2) is 38.7 Å². The van der Waals surface area contributed by atoms with Crippen LogP contribution in [-0.2, 0) is 4.79 Å². The highest BCUT2D eigenvalue weighted by Crippen LogP contribution is 2.37. The monoisotopic (exact) mass is 477 g/mol. The number of halogens is 3. The summed E-state index contributed by atoms with van der Waals surface area (Å²) in [7, 11) is 0. The van der Waals surface area contributed by atoms with E-state index in [-0.39, 0.29) is 22.8 Å². The molecule has 0 bridgehead atoms. The zero-order chi connectivity index (χ0) is 23.0. The average molecular weight is 478 g/mol. The summed E-state index contributed by atoms with van der Waals surface area (Å²) in [5, 5.41) is 4.63. The number of hydrogen-bond donors (Lipinski definition) is 1. The van der Waals surface area contributed by atoms with E-state index in [0.717, 1.165) is 11.1 Å². The fourth-order valence-electron chi connectivity index (χ4n) is 3.61. The number of nitrogens with zero attached hydrogens (tertiary/aromatic N) is 4. The van der Waals surface area contributed by atoms with Gasteiger partial charge < -0.3 is 15.4 Å². The van der Waals surface area contributed by atoms with Crippen LogP contribution in [0.3, 0.4) is 0 Å². The zero-order valence-electron chi connectivity index (χ0n) is 17.6. The van der Waals surface area contributed by atoms with Crippen molar-refractivity contribution in [2.24, 2.45) is 0 Å². The topological polar surface area (TPSA) is 86.3 Å². The van der Waals surface area contributed by atoms with Crippen molar-refractivity contribution in [3.8, 4) is 16.9 Å². The second-order valence-electron chi connectivity index (χ2n) is 7.64. The summed E-state index contributed by atoms with van der Waals surface area (Å²) < 4.78 is 21.7. The van der Waals surface area contributed by atoms with Gasteiger partial charge in [0, 0.05) is 53.6 Å². The van der Waals surface area contributed by atoms with E-state index in [4.69, 9.17) is 33.7 Å². The lowest BCUT2D eigenvalue weighted by atomic mass is 10.1. The minimum Gasteiger partial charge on any atom is -0.482 e. The van der Waals surface area contributed by atoms with Crippen LogP contribution in [0.1, 0.15) is 38.0 Å². The molecular formula is C22H22Cl2FN5O2. The highest BCUT2D eigenvalue weighted by Gasteiger charge is 2.31. The number of ether oxygens (including phenoxy) is 1. The smallest absolute Gasteiger partial charge is 0.222 e. The Bertz CT molecular complexity index is 1160. The molecule has 1 unspecified atom stereocenters. The molecule has 0 spiro atoms. The van der Waals surface area contributed by atoms with Gasteiger partial charge in [-0.25, -0.2) is 9.37 Å².